The Kier molecular flexibility index (Phi) is 3.61. The highest BCUT2D eigenvalue weighted by Gasteiger charge is 2.27. The number of carbonyl (C=O) groups is 1. The number of nitrogens with zero attached hydrogens (tertiary/aromatic N) is 1. The first-order valence-electron chi connectivity index (χ1n) is 3.34. The molecule has 0 atom stereocenters. The maximum absolute atomic E-state index is 10.8. The number of hydrogen-bond donors (Lipinski definition) is 2. The topological polar surface area (TPSA) is 108 Å². The SMILES string of the molecule is CC(C)(C#N)OC(=O)CP(=O)(O)O. The Balaban J connectivity index is 4.21. The first kappa shape index (κ1) is 12.1. The number of ether oxygens (including phenoxy) is 1. The van der Waals surface area contributed by atoms with Gasteiger partial charge in [0.15, 0.2) is 5.60 Å². The van der Waals surface area contributed by atoms with E-state index in [9.17, 15) is 9.36 Å². The molecule has 0 aliphatic carbocycles. The number of hydrogen-bond acceptors (Lipinski definition) is 4. The van der Waals surface area contributed by atoms with Crippen molar-refractivity contribution in [1.29, 1.82) is 5.26 Å². The van der Waals surface area contributed by atoms with Crippen LogP contribution in [0.3, 0.4) is 0 Å². The van der Waals surface area contributed by atoms with E-state index < -0.39 is 25.3 Å². The lowest BCUT2D eigenvalue weighted by Gasteiger charge is -2.16. The van der Waals surface area contributed by atoms with Crippen molar-refractivity contribution in [3.8, 4) is 6.07 Å². The lowest BCUT2D eigenvalue weighted by molar-refractivity contribution is -0.148. The quantitative estimate of drug-likeness (QED) is 0.498. The molecule has 0 aliphatic heterocycles. The van der Waals surface area contributed by atoms with E-state index in [0.29, 0.717) is 0 Å². The number of rotatable bonds is 3. The van der Waals surface area contributed by atoms with Crippen LogP contribution in [0.2, 0.25) is 0 Å². The lowest BCUT2D eigenvalue weighted by atomic mass is 10.2. The van der Waals surface area contributed by atoms with Crippen molar-refractivity contribution in [3.63, 3.8) is 0 Å². The molecule has 0 spiro atoms. The summed E-state index contributed by atoms with van der Waals surface area (Å²) in [5.41, 5.74) is -1.35. The maximum atomic E-state index is 10.8. The van der Waals surface area contributed by atoms with E-state index in [1.165, 1.54) is 13.8 Å². The molecular weight excluding hydrogens is 197 g/mol. The van der Waals surface area contributed by atoms with Gasteiger partial charge in [0.25, 0.3) is 0 Å². The first-order chi connectivity index (χ1) is 5.66. The molecule has 0 fully saturated rings. The second-order valence-electron chi connectivity index (χ2n) is 2.92. The molecule has 0 aromatic heterocycles. The molecule has 7 heteroatoms. The molecule has 74 valence electrons. The third-order valence-corrected chi connectivity index (χ3v) is 1.64. The van der Waals surface area contributed by atoms with Gasteiger partial charge in [-0.25, -0.2) is 0 Å². The molecule has 0 bridgehead atoms. The van der Waals surface area contributed by atoms with E-state index >= 15 is 0 Å². The molecule has 0 aliphatic rings. The standard InChI is InChI=1S/C6H10NO5P/c1-6(2,4-7)12-5(8)3-13(9,10)11/h3H2,1-2H3,(H2,9,10,11). The van der Waals surface area contributed by atoms with Crippen molar-refractivity contribution in [3.05, 3.63) is 0 Å². The predicted molar refractivity (Wildman–Crippen MR) is 42.7 cm³/mol. The van der Waals surface area contributed by atoms with Crippen molar-refractivity contribution in [2.75, 3.05) is 6.16 Å². The summed E-state index contributed by atoms with van der Waals surface area (Å²) in [5, 5.41) is 8.42. The smallest absolute Gasteiger partial charge is 0.336 e. The highest BCUT2D eigenvalue weighted by molar-refractivity contribution is 7.52. The first-order valence-corrected chi connectivity index (χ1v) is 5.14. The van der Waals surface area contributed by atoms with Gasteiger partial charge in [0.1, 0.15) is 12.2 Å². The van der Waals surface area contributed by atoms with Crippen LogP contribution in [0.4, 0.5) is 0 Å². The summed E-state index contributed by atoms with van der Waals surface area (Å²) in [7, 11) is -4.40. The van der Waals surface area contributed by atoms with Gasteiger partial charge in [-0.05, 0) is 13.8 Å². The highest BCUT2D eigenvalue weighted by Crippen LogP contribution is 2.34. The van der Waals surface area contributed by atoms with Crippen LogP contribution in [0.25, 0.3) is 0 Å². The average molecular weight is 207 g/mol. The minimum atomic E-state index is -4.40. The third kappa shape index (κ3) is 6.29. The number of carbonyl (C=O) groups excluding carboxylic acids is 1. The zero-order valence-corrected chi connectivity index (χ0v) is 8.12. The van der Waals surface area contributed by atoms with Crippen molar-refractivity contribution < 1.29 is 23.9 Å². The van der Waals surface area contributed by atoms with Crippen molar-refractivity contribution in [2.24, 2.45) is 0 Å². The number of esters is 1. The molecule has 0 aromatic rings. The Bertz CT molecular complexity index is 286. The van der Waals surface area contributed by atoms with Gasteiger partial charge in [-0.1, -0.05) is 0 Å². The summed E-state index contributed by atoms with van der Waals surface area (Å²) < 4.78 is 14.8. The normalized spacial score (nSPS) is 11.9. The molecule has 0 saturated carbocycles. The van der Waals surface area contributed by atoms with Gasteiger partial charge < -0.3 is 14.5 Å². The van der Waals surface area contributed by atoms with Crippen LogP contribution in [0, 0.1) is 11.3 Å². The molecule has 0 unspecified atom stereocenters. The van der Waals surface area contributed by atoms with Gasteiger partial charge in [0.05, 0.1) is 0 Å². The van der Waals surface area contributed by atoms with Crippen molar-refractivity contribution in [1.82, 2.24) is 0 Å². The second kappa shape index (κ2) is 3.88. The Morgan fingerprint density at radius 3 is 2.38 bits per heavy atom. The average Bonchev–Trinajstić information content (AvgIpc) is 1.81. The van der Waals surface area contributed by atoms with E-state index in [2.05, 4.69) is 4.74 Å². The summed E-state index contributed by atoms with van der Waals surface area (Å²) in [6.45, 7) is 2.65. The molecule has 0 saturated heterocycles. The summed E-state index contributed by atoms with van der Waals surface area (Å²) in [6.07, 6.45) is -1.00. The van der Waals surface area contributed by atoms with Crippen LogP contribution < -0.4 is 0 Å². The summed E-state index contributed by atoms with van der Waals surface area (Å²) in [5.74, 6) is -1.08. The van der Waals surface area contributed by atoms with Crippen LogP contribution in [0.1, 0.15) is 13.8 Å². The minimum Gasteiger partial charge on any atom is -0.444 e. The Morgan fingerprint density at radius 2 is 2.08 bits per heavy atom. The fourth-order valence-electron chi connectivity index (χ4n) is 0.508. The number of nitriles is 1. The van der Waals surface area contributed by atoms with Crippen LogP contribution in [-0.2, 0) is 14.1 Å². The van der Waals surface area contributed by atoms with Gasteiger partial charge in [-0.2, -0.15) is 5.26 Å². The fourth-order valence-corrected chi connectivity index (χ4v) is 0.909. The van der Waals surface area contributed by atoms with E-state index in [1.807, 2.05) is 0 Å². The molecule has 0 amide bonds. The van der Waals surface area contributed by atoms with Crippen LogP contribution >= 0.6 is 7.60 Å². The lowest BCUT2D eigenvalue weighted by Crippen LogP contribution is -2.27. The Hall–Kier alpha value is -0.890. The van der Waals surface area contributed by atoms with E-state index in [1.54, 1.807) is 6.07 Å². The fraction of sp³-hybridized carbons (Fsp3) is 0.667. The van der Waals surface area contributed by atoms with Gasteiger partial charge >= 0.3 is 13.6 Å². The second-order valence-corrected chi connectivity index (χ2v) is 4.56. The minimum absolute atomic E-state index is 1.00. The van der Waals surface area contributed by atoms with Crippen LogP contribution in [-0.4, -0.2) is 27.5 Å². The van der Waals surface area contributed by atoms with E-state index in [-0.39, 0.29) is 0 Å². The monoisotopic (exact) mass is 207 g/mol. The van der Waals surface area contributed by atoms with Gasteiger partial charge in [-0.15, -0.1) is 0 Å². The van der Waals surface area contributed by atoms with E-state index in [4.69, 9.17) is 15.0 Å². The molecule has 0 rings (SSSR count). The Morgan fingerprint density at radius 1 is 1.62 bits per heavy atom. The molecule has 0 aromatic carbocycles. The van der Waals surface area contributed by atoms with E-state index in [0.717, 1.165) is 0 Å². The van der Waals surface area contributed by atoms with Gasteiger partial charge in [0.2, 0.25) is 0 Å². The predicted octanol–water partition coefficient (Wildman–Crippen LogP) is 0.00948. The van der Waals surface area contributed by atoms with Crippen LogP contribution in [0.5, 0.6) is 0 Å². The van der Waals surface area contributed by atoms with Crippen molar-refractivity contribution >= 4 is 13.6 Å². The van der Waals surface area contributed by atoms with Gasteiger partial charge in [-0.3, -0.25) is 9.36 Å². The molecule has 13 heavy (non-hydrogen) atoms. The molecule has 6 nitrogen and oxygen atoms in total. The molecule has 0 radical (unpaired) electrons. The summed E-state index contributed by atoms with van der Waals surface area (Å²) in [6, 6.07) is 1.66. The largest absolute Gasteiger partial charge is 0.444 e. The molecule has 0 heterocycles. The Labute approximate surface area is 75.3 Å². The van der Waals surface area contributed by atoms with Crippen LogP contribution in [0.15, 0.2) is 0 Å². The maximum Gasteiger partial charge on any atom is 0.336 e. The zero-order valence-electron chi connectivity index (χ0n) is 7.22. The molecular formula is C6H10NO5P. The highest BCUT2D eigenvalue weighted by atomic mass is 31.2. The summed E-state index contributed by atoms with van der Waals surface area (Å²) >= 11 is 0. The van der Waals surface area contributed by atoms with Gasteiger partial charge in [0, 0.05) is 0 Å². The van der Waals surface area contributed by atoms with Crippen molar-refractivity contribution in [2.45, 2.75) is 19.4 Å². The third-order valence-electron chi connectivity index (χ3n) is 0.973. The zero-order chi connectivity index (χ0) is 10.7. The molecule has 2 N–H and O–H groups in total. The summed E-state index contributed by atoms with van der Waals surface area (Å²) in [4.78, 5) is 27.5.